The molecule has 2 N–H and O–H groups in total. The van der Waals surface area contributed by atoms with E-state index in [0.29, 0.717) is 11.5 Å². The summed E-state index contributed by atoms with van der Waals surface area (Å²) < 4.78 is 5.69. The van der Waals surface area contributed by atoms with Crippen molar-refractivity contribution in [3.8, 4) is 23.0 Å². The number of rotatable bonds is 0. The molecule has 0 aliphatic carbocycles. The van der Waals surface area contributed by atoms with Gasteiger partial charge in [-0.3, -0.25) is 0 Å². The summed E-state index contributed by atoms with van der Waals surface area (Å²) >= 11 is 0. The second kappa shape index (κ2) is 3.42. The van der Waals surface area contributed by atoms with Gasteiger partial charge < -0.3 is 14.9 Å². The zero-order valence-corrected chi connectivity index (χ0v) is 9.34. The van der Waals surface area contributed by atoms with Gasteiger partial charge in [-0.2, -0.15) is 0 Å². The van der Waals surface area contributed by atoms with Gasteiger partial charge in [-0.15, -0.1) is 0 Å². The lowest BCUT2D eigenvalue weighted by atomic mass is 9.89. The number of phenolic OH excluding ortho intramolecular Hbond substituents is 2. The summed E-state index contributed by atoms with van der Waals surface area (Å²) in [5, 5.41) is 18.9. The Hall–Kier alpha value is -2.16. The van der Waals surface area contributed by atoms with Crippen LogP contribution in [0.5, 0.6) is 23.0 Å². The van der Waals surface area contributed by atoms with Crippen LogP contribution >= 0.6 is 0 Å². The minimum absolute atomic E-state index is 0.180. The maximum atomic E-state index is 9.45. The highest BCUT2D eigenvalue weighted by Gasteiger charge is 2.24. The standard InChI is InChI=1S/C14H12O3/c1-8-11-4-2-9(15)6-13(11)17-14-7-10(16)3-5-12(8)14/h2-8,15-16H,1H3. The normalized spacial score (nSPS) is 13.7. The molecular formula is C14H12O3. The summed E-state index contributed by atoms with van der Waals surface area (Å²) in [5.41, 5.74) is 2.09. The molecule has 3 heteroatoms. The molecule has 0 saturated heterocycles. The number of benzene rings is 2. The Kier molecular flexibility index (Phi) is 2.01. The zero-order valence-electron chi connectivity index (χ0n) is 9.34. The van der Waals surface area contributed by atoms with Crippen molar-refractivity contribution in [2.75, 3.05) is 0 Å². The zero-order chi connectivity index (χ0) is 12.0. The van der Waals surface area contributed by atoms with Gasteiger partial charge in [0.25, 0.3) is 0 Å². The monoisotopic (exact) mass is 228 g/mol. The lowest BCUT2D eigenvalue weighted by Crippen LogP contribution is -2.06. The average molecular weight is 228 g/mol. The van der Waals surface area contributed by atoms with Crippen molar-refractivity contribution < 1.29 is 14.9 Å². The highest BCUT2D eigenvalue weighted by molar-refractivity contribution is 5.56. The SMILES string of the molecule is CC1c2ccc(O)cc2Oc2cc(O)ccc21. The first-order valence-electron chi connectivity index (χ1n) is 5.49. The van der Waals surface area contributed by atoms with Crippen LogP contribution in [0, 0.1) is 0 Å². The fourth-order valence-corrected chi connectivity index (χ4v) is 2.22. The molecule has 0 spiro atoms. The Morgan fingerprint density at radius 2 is 1.35 bits per heavy atom. The first kappa shape index (κ1) is 10.0. The molecule has 0 bridgehead atoms. The highest BCUT2D eigenvalue weighted by Crippen LogP contribution is 2.45. The van der Waals surface area contributed by atoms with E-state index < -0.39 is 0 Å². The van der Waals surface area contributed by atoms with E-state index in [1.54, 1.807) is 24.3 Å². The third kappa shape index (κ3) is 1.51. The Morgan fingerprint density at radius 1 is 0.882 bits per heavy atom. The lowest BCUT2D eigenvalue weighted by molar-refractivity contribution is 0.426. The van der Waals surface area contributed by atoms with Crippen LogP contribution < -0.4 is 4.74 Å². The van der Waals surface area contributed by atoms with E-state index in [1.807, 2.05) is 12.1 Å². The third-order valence-electron chi connectivity index (χ3n) is 3.15. The molecule has 2 aromatic rings. The highest BCUT2D eigenvalue weighted by atomic mass is 16.5. The smallest absolute Gasteiger partial charge is 0.134 e. The van der Waals surface area contributed by atoms with Crippen LogP contribution in [-0.4, -0.2) is 10.2 Å². The largest absolute Gasteiger partial charge is 0.508 e. The number of aromatic hydroxyl groups is 2. The van der Waals surface area contributed by atoms with Crippen LogP contribution in [0.2, 0.25) is 0 Å². The van der Waals surface area contributed by atoms with Gasteiger partial charge in [0.15, 0.2) is 0 Å². The maximum absolute atomic E-state index is 9.45. The van der Waals surface area contributed by atoms with Crippen LogP contribution in [0.1, 0.15) is 24.0 Å². The van der Waals surface area contributed by atoms with Crippen molar-refractivity contribution >= 4 is 0 Å². The number of phenols is 2. The molecule has 0 unspecified atom stereocenters. The quantitative estimate of drug-likeness (QED) is 0.727. The molecule has 17 heavy (non-hydrogen) atoms. The second-order valence-corrected chi connectivity index (χ2v) is 4.27. The predicted molar refractivity (Wildman–Crippen MR) is 63.8 cm³/mol. The number of ether oxygens (including phenoxy) is 1. The molecule has 0 atom stereocenters. The van der Waals surface area contributed by atoms with E-state index >= 15 is 0 Å². The van der Waals surface area contributed by atoms with Gasteiger partial charge in [0, 0.05) is 29.2 Å². The van der Waals surface area contributed by atoms with Crippen LogP contribution in [-0.2, 0) is 0 Å². The first-order chi connectivity index (χ1) is 8.15. The number of hydrogen-bond acceptors (Lipinski definition) is 3. The van der Waals surface area contributed by atoms with Crippen LogP contribution in [0.25, 0.3) is 0 Å². The summed E-state index contributed by atoms with van der Waals surface area (Å²) in [6.07, 6.45) is 0. The fourth-order valence-electron chi connectivity index (χ4n) is 2.22. The van der Waals surface area contributed by atoms with E-state index in [4.69, 9.17) is 4.74 Å². The van der Waals surface area contributed by atoms with Gasteiger partial charge in [-0.25, -0.2) is 0 Å². The van der Waals surface area contributed by atoms with Crippen molar-refractivity contribution in [3.05, 3.63) is 47.5 Å². The number of hydrogen-bond donors (Lipinski definition) is 2. The van der Waals surface area contributed by atoms with Gasteiger partial charge in [0.1, 0.15) is 23.0 Å². The Morgan fingerprint density at radius 3 is 1.82 bits per heavy atom. The van der Waals surface area contributed by atoms with E-state index in [-0.39, 0.29) is 17.4 Å². The molecule has 86 valence electrons. The van der Waals surface area contributed by atoms with E-state index in [1.165, 1.54) is 0 Å². The van der Waals surface area contributed by atoms with Crippen LogP contribution in [0.4, 0.5) is 0 Å². The fraction of sp³-hybridized carbons (Fsp3) is 0.143. The minimum Gasteiger partial charge on any atom is -0.508 e. The molecule has 0 radical (unpaired) electrons. The Balaban J connectivity index is 2.17. The number of fused-ring (bicyclic) bond motifs is 2. The minimum atomic E-state index is 0.180. The summed E-state index contributed by atoms with van der Waals surface area (Å²) in [6, 6.07) is 10.2. The second-order valence-electron chi connectivity index (χ2n) is 4.27. The Bertz CT molecular complexity index is 539. The van der Waals surface area contributed by atoms with E-state index in [2.05, 4.69) is 6.92 Å². The molecule has 0 saturated carbocycles. The molecular weight excluding hydrogens is 216 g/mol. The summed E-state index contributed by atoms with van der Waals surface area (Å²) in [6.45, 7) is 2.08. The average Bonchev–Trinajstić information content (AvgIpc) is 2.28. The van der Waals surface area contributed by atoms with Crippen LogP contribution in [0.3, 0.4) is 0 Å². The third-order valence-corrected chi connectivity index (χ3v) is 3.15. The predicted octanol–water partition coefficient (Wildman–Crippen LogP) is 3.36. The summed E-state index contributed by atoms with van der Waals surface area (Å²) in [4.78, 5) is 0. The van der Waals surface area contributed by atoms with Crippen LogP contribution in [0.15, 0.2) is 36.4 Å². The topological polar surface area (TPSA) is 49.7 Å². The molecule has 0 fully saturated rings. The van der Waals surface area contributed by atoms with Crippen molar-refractivity contribution in [3.63, 3.8) is 0 Å². The van der Waals surface area contributed by atoms with Gasteiger partial charge >= 0.3 is 0 Å². The molecule has 3 rings (SSSR count). The molecule has 2 aromatic carbocycles. The first-order valence-corrected chi connectivity index (χ1v) is 5.49. The molecule has 0 aromatic heterocycles. The van der Waals surface area contributed by atoms with E-state index in [9.17, 15) is 10.2 Å². The molecule has 1 heterocycles. The molecule has 1 aliphatic rings. The summed E-state index contributed by atoms with van der Waals surface area (Å²) in [5.74, 6) is 1.85. The van der Waals surface area contributed by atoms with Crippen molar-refractivity contribution in [1.82, 2.24) is 0 Å². The molecule has 1 aliphatic heterocycles. The van der Waals surface area contributed by atoms with Crippen molar-refractivity contribution in [1.29, 1.82) is 0 Å². The van der Waals surface area contributed by atoms with Gasteiger partial charge in [0.05, 0.1) is 0 Å². The molecule has 3 nitrogen and oxygen atoms in total. The Labute approximate surface area is 98.9 Å². The van der Waals surface area contributed by atoms with Gasteiger partial charge in [-0.05, 0) is 12.1 Å². The van der Waals surface area contributed by atoms with Crippen molar-refractivity contribution in [2.24, 2.45) is 0 Å². The molecule has 0 amide bonds. The lowest BCUT2D eigenvalue weighted by Gasteiger charge is -2.25. The van der Waals surface area contributed by atoms with Gasteiger partial charge in [-0.1, -0.05) is 19.1 Å². The van der Waals surface area contributed by atoms with Gasteiger partial charge in [0.2, 0.25) is 0 Å². The maximum Gasteiger partial charge on any atom is 0.134 e. The summed E-state index contributed by atoms with van der Waals surface area (Å²) in [7, 11) is 0. The van der Waals surface area contributed by atoms with E-state index in [0.717, 1.165) is 11.1 Å². The van der Waals surface area contributed by atoms with Crippen molar-refractivity contribution in [2.45, 2.75) is 12.8 Å².